The number of aryl methyl sites for hydroxylation is 2. The van der Waals surface area contributed by atoms with Crippen LogP contribution in [0.25, 0.3) is 0 Å². The Kier molecular flexibility index (Phi) is 6.36. The van der Waals surface area contributed by atoms with Crippen LogP contribution in [-0.4, -0.2) is 24.6 Å². The van der Waals surface area contributed by atoms with E-state index in [-0.39, 0.29) is 5.91 Å². The highest BCUT2D eigenvalue weighted by atomic mass is 16.5. The lowest BCUT2D eigenvalue weighted by Crippen LogP contribution is -2.32. The van der Waals surface area contributed by atoms with Crippen LogP contribution in [-0.2, 0) is 11.2 Å². The Labute approximate surface area is 115 Å². The first-order valence-corrected chi connectivity index (χ1v) is 6.78. The van der Waals surface area contributed by atoms with E-state index in [1.807, 2.05) is 13.0 Å². The van der Waals surface area contributed by atoms with E-state index in [1.165, 1.54) is 5.56 Å². The maximum atomic E-state index is 11.3. The summed E-state index contributed by atoms with van der Waals surface area (Å²) in [5, 5.41) is 1.15. The average molecular weight is 264 g/mol. The molecule has 0 aliphatic heterocycles. The predicted molar refractivity (Wildman–Crippen MR) is 76.9 cm³/mol. The van der Waals surface area contributed by atoms with Gasteiger partial charge in [-0.1, -0.05) is 12.1 Å². The van der Waals surface area contributed by atoms with Gasteiger partial charge in [0.2, 0.25) is 5.91 Å². The number of nitrogens with zero attached hydrogens (tertiary/aromatic N) is 1. The van der Waals surface area contributed by atoms with Crippen molar-refractivity contribution in [1.82, 2.24) is 5.01 Å². The van der Waals surface area contributed by atoms with Gasteiger partial charge in [-0.3, -0.25) is 9.80 Å². The molecule has 0 saturated carbocycles. The van der Waals surface area contributed by atoms with Gasteiger partial charge < -0.3 is 4.74 Å². The highest BCUT2D eigenvalue weighted by Crippen LogP contribution is 2.20. The smallest absolute Gasteiger partial charge is 0.236 e. The fourth-order valence-electron chi connectivity index (χ4n) is 1.97. The zero-order chi connectivity index (χ0) is 14.3. The minimum atomic E-state index is -0.0112. The van der Waals surface area contributed by atoms with Crippen molar-refractivity contribution in [2.45, 2.75) is 39.5 Å². The topological polar surface area (TPSA) is 55.6 Å². The van der Waals surface area contributed by atoms with E-state index in [4.69, 9.17) is 10.6 Å². The van der Waals surface area contributed by atoms with Crippen LogP contribution >= 0.6 is 0 Å². The van der Waals surface area contributed by atoms with Gasteiger partial charge in [-0.2, -0.15) is 0 Å². The molecule has 106 valence electrons. The fraction of sp³-hybridized carbons (Fsp3) is 0.533. The van der Waals surface area contributed by atoms with Gasteiger partial charge in [-0.05, 0) is 50.3 Å². The number of rotatable bonds is 7. The maximum absolute atomic E-state index is 11.3. The third kappa shape index (κ3) is 5.30. The molecule has 0 saturated heterocycles. The Morgan fingerprint density at radius 3 is 2.68 bits per heavy atom. The molecule has 4 heteroatoms. The minimum absolute atomic E-state index is 0.0112. The second-order valence-electron chi connectivity index (χ2n) is 4.74. The van der Waals surface area contributed by atoms with Crippen molar-refractivity contribution in [3.8, 4) is 5.75 Å². The van der Waals surface area contributed by atoms with Crippen LogP contribution in [0.5, 0.6) is 5.75 Å². The number of carbonyl (C=O) groups excluding carboxylic acids is 1. The first-order chi connectivity index (χ1) is 9.04. The molecule has 1 amide bonds. The number of hydrazine groups is 1. The molecule has 2 N–H and O–H groups in total. The number of unbranched alkanes of at least 4 members (excludes halogenated alkanes) is 1. The summed E-state index contributed by atoms with van der Waals surface area (Å²) in [5.41, 5.74) is 2.45. The Hall–Kier alpha value is -1.55. The number of benzene rings is 1. The number of amides is 1. The Balaban J connectivity index is 2.38. The Morgan fingerprint density at radius 2 is 2.11 bits per heavy atom. The molecular weight excluding hydrogens is 240 g/mol. The molecule has 1 aromatic rings. The summed E-state index contributed by atoms with van der Waals surface area (Å²) >= 11 is 0. The molecule has 0 fully saturated rings. The molecule has 0 aliphatic rings. The molecule has 19 heavy (non-hydrogen) atoms. The van der Waals surface area contributed by atoms with Crippen molar-refractivity contribution in [2.75, 3.05) is 13.7 Å². The monoisotopic (exact) mass is 264 g/mol. The van der Waals surface area contributed by atoms with Crippen molar-refractivity contribution >= 4 is 5.91 Å². The lowest BCUT2D eigenvalue weighted by atomic mass is 10.0. The van der Waals surface area contributed by atoms with Gasteiger partial charge in [0.1, 0.15) is 5.75 Å². The van der Waals surface area contributed by atoms with Crippen molar-refractivity contribution in [2.24, 2.45) is 5.84 Å². The van der Waals surface area contributed by atoms with E-state index in [2.05, 4.69) is 19.1 Å². The normalized spacial score (nSPS) is 10.3. The average Bonchev–Trinajstić information content (AvgIpc) is 2.37. The van der Waals surface area contributed by atoms with Crippen LogP contribution in [0.1, 0.15) is 37.3 Å². The van der Waals surface area contributed by atoms with Crippen LogP contribution in [0.15, 0.2) is 18.2 Å². The quantitative estimate of drug-likeness (QED) is 0.356. The lowest BCUT2D eigenvalue weighted by Gasteiger charge is -2.10. The van der Waals surface area contributed by atoms with Crippen LogP contribution in [0.3, 0.4) is 0 Å². The van der Waals surface area contributed by atoms with E-state index < -0.39 is 0 Å². The fourth-order valence-corrected chi connectivity index (χ4v) is 1.97. The van der Waals surface area contributed by atoms with Gasteiger partial charge in [-0.25, -0.2) is 5.84 Å². The van der Waals surface area contributed by atoms with E-state index in [0.29, 0.717) is 13.0 Å². The van der Waals surface area contributed by atoms with Crippen LogP contribution < -0.4 is 10.6 Å². The molecule has 0 radical (unpaired) electrons. The zero-order valence-corrected chi connectivity index (χ0v) is 12.1. The second kappa shape index (κ2) is 7.79. The predicted octanol–water partition coefficient (Wildman–Crippen LogP) is 2.44. The first-order valence-electron chi connectivity index (χ1n) is 6.78. The van der Waals surface area contributed by atoms with Crippen LogP contribution in [0.2, 0.25) is 0 Å². The number of nitrogens with two attached hydrogens (primary N) is 1. The summed E-state index contributed by atoms with van der Waals surface area (Å²) in [6.07, 6.45) is 3.36. The molecule has 1 aromatic carbocycles. The molecule has 4 nitrogen and oxygen atoms in total. The SMILES string of the molecule is CCOc1ccc(CCCCC(=O)N(C)N)cc1C. The van der Waals surface area contributed by atoms with Gasteiger partial charge in [0.15, 0.2) is 0 Å². The molecule has 0 aliphatic carbocycles. The third-order valence-corrected chi connectivity index (χ3v) is 3.04. The van der Waals surface area contributed by atoms with Crippen LogP contribution in [0.4, 0.5) is 0 Å². The summed E-state index contributed by atoms with van der Waals surface area (Å²) in [7, 11) is 1.58. The number of ether oxygens (including phenoxy) is 1. The summed E-state index contributed by atoms with van der Waals surface area (Å²) < 4.78 is 5.51. The first kappa shape index (κ1) is 15.5. The largest absolute Gasteiger partial charge is 0.494 e. The summed E-state index contributed by atoms with van der Waals surface area (Å²) in [5.74, 6) is 6.30. The maximum Gasteiger partial charge on any atom is 0.236 e. The van der Waals surface area contributed by atoms with Gasteiger partial charge in [-0.15, -0.1) is 0 Å². The van der Waals surface area contributed by atoms with Crippen molar-refractivity contribution in [3.05, 3.63) is 29.3 Å². The molecule has 0 heterocycles. The molecule has 0 aromatic heterocycles. The van der Waals surface area contributed by atoms with Gasteiger partial charge in [0, 0.05) is 13.5 Å². The Morgan fingerprint density at radius 1 is 1.37 bits per heavy atom. The third-order valence-electron chi connectivity index (χ3n) is 3.04. The molecule has 1 rings (SSSR count). The highest BCUT2D eigenvalue weighted by Gasteiger charge is 2.04. The standard InChI is InChI=1S/C15H24N2O2/c1-4-19-14-10-9-13(11-12(14)2)7-5-6-8-15(18)17(3)16/h9-11H,4-8,16H2,1-3H3. The summed E-state index contributed by atoms with van der Waals surface area (Å²) in [6.45, 7) is 4.73. The van der Waals surface area contributed by atoms with Crippen LogP contribution in [0, 0.1) is 6.92 Å². The van der Waals surface area contributed by atoms with Crippen molar-refractivity contribution in [3.63, 3.8) is 0 Å². The van der Waals surface area contributed by atoms with E-state index in [0.717, 1.165) is 35.6 Å². The molecule has 0 unspecified atom stereocenters. The zero-order valence-electron chi connectivity index (χ0n) is 12.1. The van der Waals surface area contributed by atoms with Crippen molar-refractivity contribution in [1.29, 1.82) is 0 Å². The summed E-state index contributed by atoms with van der Waals surface area (Å²) in [6, 6.07) is 6.27. The number of hydrogen-bond donors (Lipinski definition) is 1. The number of hydrogen-bond acceptors (Lipinski definition) is 3. The molecular formula is C15H24N2O2. The van der Waals surface area contributed by atoms with E-state index >= 15 is 0 Å². The highest BCUT2D eigenvalue weighted by molar-refractivity contribution is 5.75. The number of carbonyl (C=O) groups is 1. The molecule has 0 spiro atoms. The Bertz CT molecular complexity index is 417. The molecule has 0 atom stereocenters. The van der Waals surface area contributed by atoms with E-state index in [9.17, 15) is 4.79 Å². The van der Waals surface area contributed by atoms with Gasteiger partial charge in [0.25, 0.3) is 0 Å². The minimum Gasteiger partial charge on any atom is -0.494 e. The van der Waals surface area contributed by atoms with Gasteiger partial charge in [0.05, 0.1) is 6.61 Å². The second-order valence-corrected chi connectivity index (χ2v) is 4.74. The van der Waals surface area contributed by atoms with Crippen molar-refractivity contribution < 1.29 is 9.53 Å². The molecule has 0 bridgehead atoms. The summed E-state index contributed by atoms with van der Waals surface area (Å²) in [4.78, 5) is 11.3. The lowest BCUT2D eigenvalue weighted by molar-refractivity contribution is -0.130. The van der Waals surface area contributed by atoms with E-state index in [1.54, 1.807) is 7.05 Å². The van der Waals surface area contributed by atoms with Gasteiger partial charge >= 0.3 is 0 Å².